The molecular weight excluding hydrogens is 387 g/mol. The molecule has 9 heteroatoms. The smallest absolute Gasteiger partial charge is 0.272 e. The zero-order valence-corrected chi connectivity index (χ0v) is 15.8. The summed E-state index contributed by atoms with van der Waals surface area (Å²) in [6.45, 7) is 3.39. The van der Waals surface area contributed by atoms with Crippen molar-refractivity contribution in [2.45, 2.75) is 18.7 Å². The number of nitrogens with one attached hydrogen (secondary N) is 2. The molecule has 0 unspecified atom stereocenters. The summed E-state index contributed by atoms with van der Waals surface area (Å²) in [7, 11) is -4.06. The van der Waals surface area contributed by atoms with Gasteiger partial charge in [0, 0.05) is 5.02 Å². The number of hydrogen-bond donors (Lipinski definition) is 2. The van der Waals surface area contributed by atoms with Gasteiger partial charge in [0.15, 0.2) is 6.61 Å². The maximum Gasteiger partial charge on any atom is 0.272 e. The molecule has 25 heavy (non-hydrogen) atoms. The van der Waals surface area contributed by atoms with Crippen molar-refractivity contribution in [3.05, 3.63) is 57.6 Å². The van der Waals surface area contributed by atoms with Crippen LogP contribution in [0.4, 0.5) is 0 Å². The van der Waals surface area contributed by atoms with Crippen LogP contribution in [0, 0.1) is 13.8 Å². The molecule has 0 saturated carbocycles. The lowest BCUT2D eigenvalue weighted by atomic mass is 10.1. The molecule has 2 N–H and O–H groups in total. The lowest BCUT2D eigenvalue weighted by molar-refractivity contribution is -0.123. The molecule has 0 bridgehead atoms. The lowest BCUT2D eigenvalue weighted by Gasteiger charge is -2.12. The van der Waals surface area contributed by atoms with Gasteiger partial charge >= 0.3 is 0 Å². The number of sulfonamides is 1. The van der Waals surface area contributed by atoms with Crippen LogP contribution in [-0.4, -0.2) is 20.9 Å². The Morgan fingerprint density at radius 2 is 1.84 bits per heavy atom. The summed E-state index contributed by atoms with van der Waals surface area (Å²) >= 11 is 11.6. The topological polar surface area (TPSA) is 84.5 Å². The van der Waals surface area contributed by atoms with Crippen LogP contribution in [-0.2, 0) is 14.8 Å². The fourth-order valence-electron chi connectivity index (χ4n) is 1.90. The Balaban J connectivity index is 1.97. The highest BCUT2D eigenvalue weighted by atomic mass is 35.5. The molecule has 0 saturated heterocycles. The predicted molar refractivity (Wildman–Crippen MR) is 96.3 cm³/mol. The first-order valence-electron chi connectivity index (χ1n) is 7.15. The first-order valence-corrected chi connectivity index (χ1v) is 9.39. The van der Waals surface area contributed by atoms with Crippen LogP contribution in [0.5, 0.6) is 5.75 Å². The third-order valence-electron chi connectivity index (χ3n) is 3.21. The second-order valence-corrected chi connectivity index (χ2v) is 7.78. The third-order valence-corrected chi connectivity index (χ3v) is 5.17. The van der Waals surface area contributed by atoms with E-state index in [0.29, 0.717) is 5.75 Å². The Hall–Kier alpha value is -1.80. The molecule has 2 rings (SSSR count). The Morgan fingerprint density at radius 1 is 1.12 bits per heavy atom. The average molecular weight is 403 g/mol. The molecule has 2 aromatic carbocycles. The number of benzene rings is 2. The van der Waals surface area contributed by atoms with E-state index in [4.69, 9.17) is 27.9 Å². The van der Waals surface area contributed by atoms with Crippen LogP contribution in [0.1, 0.15) is 11.1 Å². The molecule has 134 valence electrons. The van der Waals surface area contributed by atoms with Crippen molar-refractivity contribution in [1.29, 1.82) is 0 Å². The first kappa shape index (κ1) is 19.5. The Labute approximate surface area is 156 Å². The largest absolute Gasteiger partial charge is 0.483 e. The number of carbonyl (C=O) groups excluding carboxylic acids is 1. The standard InChI is InChI=1S/C16H16Cl2N2O4S/c1-10-3-4-11(2)14(7-10)24-9-16(21)19-20-25(22,23)15-8-12(17)5-6-13(15)18/h3-8,20H,9H2,1-2H3,(H,19,21). The van der Waals surface area contributed by atoms with Gasteiger partial charge in [-0.1, -0.05) is 35.3 Å². The molecule has 0 aliphatic heterocycles. The molecule has 0 heterocycles. The molecule has 6 nitrogen and oxygen atoms in total. The number of hydrazine groups is 1. The van der Waals surface area contributed by atoms with Crippen molar-refractivity contribution >= 4 is 39.1 Å². The zero-order chi connectivity index (χ0) is 18.6. The number of carbonyl (C=O) groups is 1. The van der Waals surface area contributed by atoms with Crippen molar-refractivity contribution in [3.8, 4) is 5.75 Å². The van der Waals surface area contributed by atoms with E-state index in [1.807, 2.05) is 30.8 Å². The molecule has 0 fully saturated rings. The highest BCUT2D eigenvalue weighted by Gasteiger charge is 2.19. The van der Waals surface area contributed by atoms with Crippen LogP contribution in [0.25, 0.3) is 0 Å². The van der Waals surface area contributed by atoms with Crippen molar-refractivity contribution in [2.75, 3.05) is 6.61 Å². The minimum Gasteiger partial charge on any atom is -0.483 e. The Morgan fingerprint density at radius 3 is 2.56 bits per heavy atom. The summed E-state index contributed by atoms with van der Waals surface area (Å²) in [5.41, 5.74) is 3.92. The number of hydrogen-bond acceptors (Lipinski definition) is 4. The first-order chi connectivity index (χ1) is 11.7. The summed E-state index contributed by atoms with van der Waals surface area (Å²) in [6, 6.07) is 9.57. The summed E-state index contributed by atoms with van der Waals surface area (Å²) < 4.78 is 29.7. The highest BCUT2D eigenvalue weighted by molar-refractivity contribution is 7.89. The van der Waals surface area contributed by atoms with E-state index in [9.17, 15) is 13.2 Å². The Kier molecular flexibility index (Phi) is 6.29. The van der Waals surface area contributed by atoms with Gasteiger partial charge < -0.3 is 4.74 Å². The van der Waals surface area contributed by atoms with E-state index in [1.54, 1.807) is 6.07 Å². The lowest BCUT2D eigenvalue weighted by Crippen LogP contribution is -2.43. The molecule has 0 atom stereocenters. The summed E-state index contributed by atoms with van der Waals surface area (Å²) in [5.74, 6) is -0.112. The minimum absolute atomic E-state index is 0.0159. The number of aryl methyl sites for hydroxylation is 2. The van der Waals surface area contributed by atoms with Gasteiger partial charge in [0.05, 0.1) is 5.02 Å². The number of halogens is 2. The highest BCUT2D eigenvalue weighted by Crippen LogP contribution is 2.24. The fourth-order valence-corrected chi connectivity index (χ4v) is 3.53. The van der Waals surface area contributed by atoms with E-state index in [0.717, 1.165) is 11.1 Å². The monoisotopic (exact) mass is 402 g/mol. The zero-order valence-electron chi connectivity index (χ0n) is 13.5. The van der Waals surface area contributed by atoms with E-state index >= 15 is 0 Å². The maximum absolute atomic E-state index is 12.2. The summed E-state index contributed by atoms with van der Waals surface area (Å²) in [4.78, 5) is 13.5. The van der Waals surface area contributed by atoms with E-state index in [-0.39, 0.29) is 21.5 Å². The number of rotatable bonds is 6. The van der Waals surface area contributed by atoms with Crippen LogP contribution < -0.4 is 15.0 Å². The van der Waals surface area contributed by atoms with Crippen LogP contribution >= 0.6 is 23.2 Å². The number of ether oxygens (including phenoxy) is 1. The van der Waals surface area contributed by atoms with E-state index < -0.39 is 15.9 Å². The van der Waals surface area contributed by atoms with Gasteiger partial charge in [0.2, 0.25) is 0 Å². The second-order valence-electron chi connectivity index (χ2n) is 5.29. The third kappa shape index (κ3) is 5.34. The molecule has 1 amide bonds. The average Bonchev–Trinajstić information content (AvgIpc) is 2.56. The van der Waals surface area contributed by atoms with Gasteiger partial charge in [-0.3, -0.25) is 10.2 Å². The SMILES string of the molecule is Cc1ccc(C)c(OCC(=O)NNS(=O)(=O)c2cc(Cl)ccc2Cl)c1. The maximum atomic E-state index is 12.2. The van der Waals surface area contributed by atoms with Crippen molar-refractivity contribution in [3.63, 3.8) is 0 Å². The van der Waals surface area contributed by atoms with Crippen molar-refractivity contribution in [1.82, 2.24) is 10.3 Å². The fraction of sp³-hybridized carbons (Fsp3) is 0.188. The predicted octanol–water partition coefficient (Wildman–Crippen LogP) is 3.00. The van der Waals surface area contributed by atoms with E-state index in [1.165, 1.54) is 18.2 Å². The quantitative estimate of drug-likeness (QED) is 0.727. The van der Waals surface area contributed by atoms with Gasteiger partial charge in [-0.2, -0.15) is 0 Å². The second kappa shape index (κ2) is 8.05. The normalized spacial score (nSPS) is 11.2. The molecular formula is C16H16Cl2N2O4S. The molecule has 2 aromatic rings. The minimum atomic E-state index is -4.06. The van der Waals surface area contributed by atoms with Gasteiger partial charge in [-0.15, -0.1) is 4.83 Å². The summed E-state index contributed by atoms with van der Waals surface area (Å²) in [5, 5.41) is 0.187. The molecule has 0 radical (unpaired) electrons. The van der Waals surface area contributed by atoms with Gasteiger partial charge in [0.25, 0.3) is 15.9 Å². The van der Waals surface area contributed by atoms with Gasteiger partial charge in [-0.25, -0.2) is 8.42 Å². The molecule has 0 aromatic heterocycles. The molecule has 0 aliphatic rings. The van der Waals surface area contributed by atoms with Crippen LogP contribution in [0.3, 0.4) is 0 Å². The molecule has 0 aliphatic carbocycles. The van der Waals surface area contributed by atoms with Crippen molar-refractivity contribution < 1.29 is 17.9 Å². The van der Waals surface area contributed by atoms with Crippen LogP contribution in [0.2, 0.25) is 10.0 Å². The molecule has 0 spiro atoms. The van der Waals surface area contributed by atoms with Gasteiger partial charge in [-0.05, 0) is 49.2 Å². The number of amides is 1. The van der Waals surface area contributed by atoms with E-state index in [2.05, 4.69) is 5.43 Å². The van der Waals surface area contributed by atoms with Crippen LogP contribution in [0.15, 0.2) is 41.3 Å². The Bertz CT molecular complexity index is 901. The van der Waals surface area contributed by atoms with Crippen molar-refractivity contribution in [2.24, 2.45) is 0 Å². The summed E-state index contributed by atoms with van der Waals surface area (Å²) in [6.07, 6.45) is 0. The van der Waals surface area contributed by atoms with Gasteiger partial charge in [0.1, 0.15) is 10.6 Å².